The minimum Gasteiger partial charge on any atom is -0.386 e. The van der Waals surface area contributed by atoms with Crippen LogP contribution in [0.25, 0.3) is 0 Å². The number of rotatable bonds is 2. The molecule has 0 aliphatic carbocycles. The van der Waals surface area contributed by atoms with E-state index >= 15 is 0 Å². The first-order valence-electron chi connectivity index (χ1n) is 3.46. The van der Waals surface area contributed by atoms with Crippen molar-refractivity contribution in [2.75, 3.05) is 6.67 Å². The van der Waals surface area contributed by atoms with Gasteiger partial charge in [0.2, 0.25) is 0 Å². The Bertz CT molecular complexity index is 244. The van der Waals surface area contributed by atoms with Crippen LogP contribution in [0.2, 0.25) is 0 Å². The summed E-state index contributed by atoms with van der Waals surface area (Å²) in [4.78, 5) is 2.12. The van der Waals surface area contributed by atoms with Gasteiger partial charge in [-0.15, -0.1) is 11.3 Å². The van der Waals surface area contributed by atoms with Gasteiger partial charge in [0.05, 0.1) is 0 Å². The van der Waals surface area contributed by atoms with Crippen LogP contribution in [0.4, 0.5) is 4.39 Å². The van der Waals surface area contributed by atoms with Crippen LogP contribution in [-0.2, 0) is 0 Å². The van der Waals surface area contributed by atoms with Crippen LogP contribution < -0.4 is 0 Å². The van der Waals surface area contributed by atoms with Crippen molar-refractivity contribution < 1.29 is 9.50 Å². The monoisotopic (exact) mass is 174 g/mol. The highest BCUT2D eigenvalue weighted by atomic mass is 32.1. The van der Waals surface area contributed by atoms with Gasteiger partial charge in [-0.1, -0.05) is 0 Å². The van der Waals surface area contributed by atoms with Gasteiger partial charge in [-0.05, 0) is 25.5 Å². The lowest BCUT2D eigenvalue weighted by Gasteiger charge is -2.03. The molecule has 1 N–H and O–H groups in total. The topological polar surface area (TPSA) is 20.2 Å². The molecule has 0 radical (unpaired) electrons. The van der Waals surface area contributed by atoms with Crippen LogP contribution >= 0.6 is 11.3 Å². The van der Waals surface area contributed by atoms with Crippen LogP contribution in [0, 0.1) is 13.8 Å². The van der Waals surface area contributed by atoms with E-state index in [-0.39, 0.29) is 0 Å². The van der Waals surface area contributed by atoms with Crippen LogP contribution in [0.15, 0.2) is 6.07 Å². The van der Waals surface area contributed by atoms with Crippen molar-refractivity contribution in [2.45, 2.75) is 20.0 Å². The first-order chi connectivity index (χ1) is 5.15. The molecule has 1 rings (SSSR count). The molecule has 0 fully saturated rings. The predicted molar refractivity (Wildman–Crippen MR) is 44.7 cm³/mol. The Hall–Kier alpha value is -0.410. The SMILES string of the molecule is Cc1cc(C(O)CF)c(C)s1. The molecular weight excluding hydrogens is 163 g/mol. The number of aliphatic hydroxyl groups excluding tert-OH is 1. The molecule has 0 aliphatic heterocycles. The van der Waals surface area contributed by atoms with Crippen LogP contribution in [0.3, 0.4) is 0 Å². The molecule has 62 valence electrons. The van der Waals surface area contributed by atoms with Gasteiger partial charge in [0.15, 0.2) is 0 Å². The fourth-order valence-electron chi connectivity index (χ4n) is 1.06. The van der Waals surface area contributed by atoms with E-state index in [1.807, 2.05) is 19.9 Å². The first kappa shape index (κ1) is 8.68. The van der Waals surface area contributed by atoms with Crippen molar-refractivity contribution in [3.8, 4) is 0 Å². The largest absolute Gasteiger partial charge is 0.386 e. The molecule has 1 aromatic rings. The Morgan fingerprint density at radius 3 is 2.64 bits per heavy atom. The maximum Gasteiger partial charge on any atom is 0.120 e. The predicted octanol–water partition coefficient (Wildman–Crippen LogP) is 2.37. The summed E-state index contributed by atoms with van der Waals surface area (Å²) >= 11 is 1.59. The normalized spacial score (nSPS) is 13.5. The lowest BCUT2D eigenvalue weighted by Crippen LogP contribution is -1.98. The van der Waals surface area contributed by atoms with Crippen molar-refractivity contribution in [1.29, 1.82) is 0 Å². The molecule has 1 unspecified atom stereocenters. The fraction of sp³-hybridized carbons (Fsp3) is 0.500. The number of hydrogen-bond acceptors (Lipinski definition) is 2. The number of aliphatic hydroxyl groups is 1. The van der Waals surface area contributed by atoms with Gasteiger partial charge >= 0.3 is 0 Å². The maximum absolute atomic E-state index is 12.0. The van der Waals surface area contributed by atoms with E-state index in [1.54, 1.807) is 11.3 Å². The highest BCUT2D eigenvalue weighted by Gasteiger charge is 2.11. The molecule has 1 atom stereocenters. The Balaban J connectivity index is 2.93. The molecule has 0 spiro atoms. The average Bonchev–Trinajstić information content (AvgIpc) is 2.28. The van der Waals surface area contributed by atoms with Crippen LogP contribution in [0.1, 0.15) is 21.4 Å². The Morgan fingerprint density at radius 1 is 1.64 bits per heavy atom. The summed E-state index contributed by atoms with van der Waals surface area (Å²) in [5.41, 5.74) is 0.731. The fourth-order valence-corrected chi connectivity index (χ4v) is 2.05. The minimum atomic E-state index is -0.931. The Labute approximate surface area is 69.5 Å². The summed E-state index contributed by atoms with van der Waals surface area (Å²) < 4.78 is 12.0. The maximum atomic E-state index is 12.0. The molecule has 0 bridgehead atoms. The number of halogens is 1. The van der Waals surface area contributed by atoms with E-state index in [1.165, 1.54) is 0 Å². The third-order valence-corrected chi connectivity index (χ3v) is 2.57. The van der Waals surface area contributed by atoms with Crippen molar-refractivity contribution in [2.24, 2.45) is 0 Å². The molecule has 11 heavy (non-hydrogen) atoms. The summed E-state index contributed by atoms with van der Waals surface area (Å²) in [6, 6.07) is 1.84. The Kier molecular flexibility index (Phi) is 2.62. The molecule has 0 saturated heterocycles. The first-order valence-corrected chi connectivity index (χ1v) is 4.27. The van der Waals surface area contributed by atoms with Crippen molar-refractivity contribution >= 4 is 11.3 Å². The Morgan fingerprint density at radius 2 is 2.27 bits per heavy atom. The van der Waals surface area contributed by atoms with E-state index in [4.69, 9.17) is 5.11 Å². The lowest BCUT2D eigenvalue weighted by atomic mass is 10.1. The third-order valence-electron chi connectivity index (χ3n) is 1.58. The summed E-state index contributed by atoms with van der Waals surface area (Å²) in [5.74, 6) is 0. The molecule has 3 heteroatoms. The van der Waals surface area contributed by atoms with E-state index < -0.39 is 12.8 Å². The van der Waals surface area contributed by atoms with Gasteiger partial charge in [0.1, 0.15) is 12.8 Å². The second-order valence-corrected chi connectivity index (χ2v) is 4.00. The summed E-state index contributed by atoms with van der Waals surface area (Å²) in [7, 11) is 0. The van der Waals surface area contributed by atoms with E-state index in [2.05, 4.69) is 0 Å². The zero-order valence-electron chi connectivity index (χ0n) is 6.60. The third kappa shape index (κ3) is 1.79. The smallest absolute Gasteiger partial charge is 0.120 e. The van der Waals surface area contributed by atoms with Gasteiger partial charge in [0.25, 0.3) is 0 Å². The molecule has 1 heterocycles. The zero-order chi connectivity index (χ0) is 8.43. The molecule has 0 aromatic carbocycles. The molecule has 0 aliphatic rings. The molecule has 1 aromatic heterocycles. The molecule has 0 saturated carbocycles. The summed E-state index contributed by atoms with van der Waals surface area (Å²) in [5, 5.41) is 9.16. The quantitative estimate of drug-likeness (QED) is 0.729. The number of hydrogen-bond donors (Lipinski definition) is 1. The highest BCUT2D eigenvalue weighted by molar-refractivity contribution is 7.12. The van der Waals surface area contributed by atoms with Crippen molar-refractivity contribution in [3.05, 3.63) is 21.4 Å². The average molecular weight is 174 g/mol. The molecule has 1 nitrogen and oxygen atoms in total. The summed E-state index contributed by atoms with van der Waals surface area (Å²) in [6.07, 6.45) is -0.931. The van der Waals surface area contributed by atoms with Crippen LogP contribution in [0.5, 0.6) is 0 Å². The van der Waals surface area contributed by atoms with Gasteiger partial charge < -0.3 is 5.11 Å². The minimum absolute atomic E-state index is 0.697. The van der Waals surface area contributed by atoms with Gasteiger partial charge in [-0.3, -0.25) is 0 Å². The van der Waals surface area contributed by atoms with Crippen LogP contribution in [-0.4, -0.2) is 11.8 Å². The van der Waals surface area contributed by atoms with Crippen molar-refractivity contribution in [3.63, 3.8) is 0 Å². The van der Waals surface area contributed by atoms with Gasteiger partial charge in [0, 0.05) is 9.75 Å². The molecular formula is C8H11FOS. The molecule has 0 amide bonds. The summed E-state index contributed by atoms with van der Waals surface area (Å²) in [6.45, 7) is 3.15. The second kappa shape index (κ2) is 3.32. The van der Waals surface area contributed by atoms with E-state index in [0.29, 0.717) is 0 Å². The van der Waals surface area contributed by atoms with Gasteiger partial charge in [-0.25, -0.2) is 4.39 Å². The van der Waals surface area contributed by atoms with Crippen molar-refractivity contribution in [1.82, 2.24) is 0 Å². The highest BCUT2D eigenvalue weighted by Crippen LogP contribution is 2.26. The number of thiophene rings is 1. The zero-order valence-corrected chi connectivity index (χ0v) is 7.41. The van der Waals surface area contributed by atoms with E-state index in [9.17, 15) is 4.39 Å². The lowest BCUT2D eigenvalue weighted by molar-refractivity contribution is 0.141. The second-order valence-electron chi connectivity index (χ2n) is 2.54. The number of alkyl halides is 1. The van der Waals surface area contributed by atoms with E-state index in [0.717, 1.165) is 15.3 Å². The number of aryl methyl sites for hydroxylation is 2. The van der Waals surface area contributed by atoms with Gasteiger partial charge in [-0.2, -0.15) is 0 Å². The standard InChI is InChI=1S/C8H11FOS/c1-5-3-7(6(2)11-5)8(10)4-9/h3,8,10H,4H2,1-2H3.